The first-order valence-corrected chi connectivity index (χ1v) is 13.7. The molecule has 0 aliphatic carbocycles. The van der Waals surface area contributed by atoms with Crippen LogP contribution in [0.2, 0.25) is 5.02 Å². The first kappa shape index (κ1) is 23.7. The highest BCUT2D eigenvalue weighted by Crippen LogP contribution is 2.34. The molecular formula is C26H18BrClN2OS2. The zero-order chi connectivity index (χ0) is 23.2. The fraction of sp³-hybridized carbons (Fsp3) is 0.0769. The van der Waals surface area contributed by atoms with E-state index >= 15 is 0 Å². The van der Waals surface area contributed by atoms with Gasteiger partial charge in [-0.25, -0.2) is 4.98 Å². The monoisotopic (exact) mass is 552 g/mol. The Balaban J connectivity index is 1.67. The SMILES string of the molecule is N#Cc1c(-c2ccccc2)cc(-c2ccc(Br)cc2)nc1SCS(=O)Cc1ccc(Cl)cc1. The number of benzene rings is 3. The quantitative estimate of drug-likeness (QED) is 0.220. The van der Waals surface area contributed by atoms with Gasteiger partial charge in [-0.3, -0.25) is 4.21 Å². The van der Waals surface area contributed by atoms with E-state index in [9.17, 15) is 9.47 Å². The topological polar surface area (TPSA) is 53.8 Å². The van der Waals surface area contributed by atoms with Crippen LogP contribution in [0, 0.1) is 11.3 Å². The number of hydrogen-bond donors (Lipinski definition) is 0. The molecule has 1 unspecified atom stereocenters. The van der Waals surface area contributed by atoms with Gasteiger partial charge in [-0.1, -0.05) is 93.9 Å². The minimum absolute atomic E-state index is 0.336. The average Bonchev–Trinajstić information content (AvgIpc) is 2.84. The van der Waals surface area contributed by atoms with E-state index in [0.717, 1.165) is 32.4 Å². The molecular weight excluding hydrogens is 536 g/mol. The molecule has 0 N–H and O–H groups in total. The molecule has 0 saturated carbocycles. The van der Waals surface area contributed by atoms with Crippen molar-refractivity contribution >= 4 is 50.1 Å². The van der Waals surface area contributed by atoms with Gasteiger partial charge >= 0.3 is 0 Å². The smallest absolute Gasteiger partial charge is 0.116 e. The lowest BCUT2D eigenvalue weighted by Gasteiger charge is -2.13. The van der Waals surface area contributed by atoms with Gasteiger partial charge < -0.3 is 0 Å². The molecule has 0 bridgehead atoms. The van der Waals surface area contributed by atoms with Crippen molar-refractivity contribution in [2.45, 2.75) is 10.8 Å². The summed E-state index contributed by atoms with van der Waals surface area (Å²) in [4.78, 5) is 4.79. The standard InChI is InChI=1S/C26H18BrClN2OS2/c27-21-10-8-20(9-11-21)25-14-23(19-4-2-1-3-5-19)24(15-29)26(30-25)32-17-33(31)16-18-6-12-22(28)13-7-18/h1-14H,16-17H2. The lowest BCUT2D eigenvalue weighted by molar-refractivity contribution is 0.685. The third-order valence-electron chi connectivity index (χ3n) is 4.89. The van der Waals surface area contributed by atoms with Gasteiger partial charge in [0, 0.05) is 37.2 Å². The van der Waals surface area contributed by atoms with Crippen molar-refractivity contribution in [3.63, 3.8) is 0 Å². The van der Waals surface area contributed by atoms with Crippen LogP contribution in [0.4, 0.5) is 0 Å². The van der Waals surface area contributed by atoms with E-state index in [0.29, 0.717) is 26.4 Å². The molecule has 7 heteroatoms. The summed E-state index contributed by atoms with van der Waals surface area (Å²) in [7, 11) is -1.13. The van der Waals surface area contributed by atoms with E-state index in [1.165, 1.54) is 11.8 Å². The summed E-state index contributed by atoms with van der Waals surface area (Å²) in [6, 6.07) is 29.3. The molecule has 0 aliphatic heterocycles. The number of halogens is 2. The van der Waals surface area contributed by atoms with Crippen LogP contribution in [-0.2, 0) is 16.6 Å². The van der Waals surface area contributed by atoms with Gasteiger partial charge in [-0.2, -0.15) is 5.26 Å². The molecule has 0 fully saturated rings. The highest BCUT2D eigenvalue weighted by Gasteiger charge is 2.17. The number of nitrogens with zero attached hydrogens (tertiary/aromatic N) is 2. The molecule has 164 valence electrons. The molecule has 1 atom stereocenters. The third kappa shape index (κ3) is 6.13. The Morgan fingerprint density at radius 2 is 1.67 bits per heavy atom. The minimum Gasteiger partial charge on any atom is -0.258 e. The van der Waals surface area contributed by atoms with Gasteiger partial charge in [-0.05, 0) is 41.5 Å². The first-order valence-electron chi connectivity index (χ1n) is 10.0. The second-order valence-corrected chi connectivity index (χ2v) is 11.3. The molecule has 0 saturated heterocycles. The summed E-state index contributed by atoms with van der Waals surface area (Å²) in [6.07, 6.45) is 0. The highest BCUT2D eigenvalue weighted by molar-refractivity contribution is 9.10. The van der Waals surface area contributed by atoms with Crippen LogP contribution in [-0.4, -0.2) is 14.3 Å². The predicted molar refractivity (Wildman–Crippen MR) is 142 cm³/mol. The highest BCUT2D eigenvalue weighted by atomic mass is 79.9. The Morgan fingerprint density at radius 3 is 2.33 bits per heavy atom. The van der Waals surface area contributed by atoms with Crippen LogP contribution < -0.4 is 0 Å². The zero-order valence-corrected chi connectivity index (χ0v) is 21.3. The van der Waals surface area contributed by atoms with Crippen molar-refractivity contribution in [2.24, 2.45) is 0 Å². The molecule has 0 radical (unpaired) electrons. The van der Waals surface area contributed by atoms with Crippen LogP contribution in [0.25, 0.3) is 22.4 Å². The minimum atomic E-state index is -1.13. The maximum atomic E-state index is 12.8. The van der Waals surface area contributed by atoms with Crippen molar-refractivity contribution < 1.29 is 4.21 Å². The molecule has 1 aromatic heterocycles. The summed E-state index contributed by atoms with van der Waals surface area (Å²) in [5.41, 5.74) is 4.93. The summed E-state index contributed by atoms with van der Waals surface area (Å²) in [6.45, 7) is 0. The molecule has 1 heterocycles. The fourth-order valence-corrected chi connectivity index (χ4v) is 6.00. The van der Waals surface area contributed by atoms with Crippen LogP contribution >= 0.6 is 39.3 Å². The van der Waals surface area contributed by atoms with Crippen LogP contribution in [0.3, 0.4) is 0 Å². The zero-order valence-electron chi connectivity index (χ0n) is 17.4. The van der Waals surface area contributed by atoms with Gasteiger partial charge in [-0.15, -0.1) is 0 Å². The number of rotatable bonds is 7. The fourth-order valence-electron chi connectivity index (χ4n) is 3.28. The van der Waals surface area contributed by atoms with Crippen molar-refractivity contribution in [3.05, 3.63) is 106 Å². The lowest BCUT2D eigenvalue weighted by Crippen LogP contribution is -2.01. The molecule has 4 aromatic rings. The first-order chi connectivity index (χ1) is 16.0. The van der Waals surface area contributed by atoms with Gasteiger partial charge in [0.1, 0.15) is 11.1 Å². The van der Waals surface area contributed by atoms with E-state index in [1.807, 2.05) is 72.8 Å². The van der Waals surface area contributed by atoms with Crippen molar-refractivity contribution in [3.8, 4) is 28.5 Å². The van der Waals surface area contributed by atoms with Crippen LogP contribution in [0.1, 0.15) is 11.1 Å². The maximum absolute atomic E-state index is 12.8. The Hall–Kier alpha value is -2.43. The molecule has 0 amide bonds. The van der Waals surface area contributed by atoms with E-state index < -0.39 is 10.8 Å². The molecule has 3 nitrogen and oxygen atoms in total. The largest absolute Gasteiger partial charge is 0.258 e. The summed E-state index contributed by atoms with van der Waals surface area (Å²) >= 11 is 10.8. The van der Waals surface area contributed by atoms with E-state index in [4.69, 9.17) is 16.6 Å². The summed E-state index contributed by atoms with van der Waals surface area (Å²) < 4.78 is 13.7. The number of nitriles is 1. The van der Waals surface area contributed by atoms with E-state index in [1.54, 1.807) is 12.1 Å². The van der Waals surface area contributed by atoms with Crippen LogP contribution in [0.5, 0.6) is 0 Å². The Bertz CT molecular complexity index is 1320. The molecule has 0 spiro atoms. The Kier molecular flexibility index (Phi) is 8.00. The van der Waals surface area contributed by atoms with E-state index in [-0.39, 0.29) is 0 Å². The second kappa shape index (κ2) is 11.1. The van der Waals surface area contributed by atoms with Crippen LogP contribution in [0.15, 0.2) is 94.4 Å². The third-order valence-corrected chi connectivity index (χ3v) is 8.42. The maximum Gasteiger partial charge on any atom is 0.116 e. The molecule has 0 aliphatic rings. The molecule has 3 aromatic carbocycles. The van der Waals surface area contributed by atoms with Gasteiger partial charge in [0.25, 0.3) is 0 Å². The number of aromatic nitrogens is 1. The van der Waals surface area contributed by atoms with Gasteiger partial charge in [0.2, 0.25) is 0 Å². The summed E-state index contributed by atoms with van der Waals surface area (Å²) in [5, 5.41) is 11.6. The second-order valence-electron chi connectivity index (χ2n) is 7.19. The average molecular weight is 554 g/mol. The normalized spacial score (nSPS) is 11.7. The number of thioether (sulfide) groups is 1. The Morgan fingerprint density at radius 1 is 0.970 bits per heavy atom. The number of hydrogen-bond acceptors (Lipinski definition) is 4. The van der Waals surface area contributed by atoms with Crippen molar-refractivity contribution in [1.82, 2.24) is 4.98 Å². The summed E-state index contributed by atoms with van der Waals surface area (Å²) in [5.74, 6) is 0.421. The van der Waals surface area contributed by atoms with Crippen molar-refractivity contribution in [1.29, 1.82) is 5.26 Å². The van der Waals surface area contributed by atoms with Crippen molar-refractivity contribution in [2.75, 3.05) is 5.08 Å². The van der Waals surface area contributed by atoms with Gasteiger partial charge in [0.05, 0.1) is 16.3 Å². The number of pyridine rings is 1. The molecule has 4 rings (SSSR count). The van der Waals surface area contributed by atoms with Gasteiger partial charge in [0.15, 0.2) is 0 Å². The predicted octanol–water partition coefficient (Wildman–Crippen LogP) is 7.70. The Labute approximate surface area is 213 Å². The lowest BCUT2D eigenvalue weighted by atomic mass is 9.99. The molecule has 33 heavy (non-hydrogen) atoms. The van der Waals surface area contributed by atoms with E-state index in [2.05, 4.69) is 22.0 Å².